The molecule has 0 saturated heterocycles. The highest BCUT2D eigenvalue weighted by Crippen LogP contribution is 2.28. The highest BCUT2D eigenvalue weighted by molar-refractivity contribution is 7.14. The van der Waals surface area contributed by atoms with E-state index >= 15 is 0 Å². The Morgan fingerprint density at radius 2 is 2.10 bits per heavy atom. The molecule has 3 nitrogen and oxygen atoms in total. The molecule has 4 heteroatoms. The third-order valence-corrected chi connectivity index (χ3v) is 5.03. The molecule has 0 unspecified atom stereocenters. The van der Waals surface area contributed by atoms with Crippen LogP contribution in [0, 0.1) is 0 Å². The first-order chi connectivity index (χ1) is 10.2. The summed E-state index contributed by atoms with van der Waals surface area (Å²) >= 11 is 1.31. The molecular formula is C17H18O3S. The van der Waals surface area contributed by atoms with E-state index in [-0.39, 0.29) is 0 Å². The van der Waals surface area contributed by atoms with Crippen molar-refractivity contribution in [2.24, 2.45) is 0 Å². The Bertz CT molecular complexity index is 673. The monoisotopic (exact) mass is 302 g/mol. The van der Waals surface area contributed by atoms with Gasteiger partial charge in [-0.25, -0.2) is 4.79 Å². The van der Waals surface area contributed by atoms with Gasteiger partial charge in [0.2, 0.25) is 0 Å². The fraction of sp³-hybridized carbons (Fsp3) is 0.353. The van der Waals surface area contributed by atoms with Crippen molar-refractivity contribution in [1.82, 2.24) is 0 Å². The molecule has 110 valence electrons. The maximum atomic E-state index is 11.2. The third kappa shape index (κ3) is 2.95. The van der Waals surface area contributed by atoms with E-state index in [1.54, 1.807) is 0 Å². The SMILES string of the molecule is CCc1cc(COc2ccc3c(c2)CCC3)sc1C(=O)O. The van der Waals surface area contributed by atoms with Crippen LogP contribution in [0.3, 0.4) is 0 Å². The van der Waals surface area contributed by atoms with Crippen LogP contribution >= 0.6 is 11.3 Å². The Balaban J connectivity index is 1.71. The molecule has 0 bridgehead atoms. The van der Waals surface area contributed by atoms with Gasteiger partial charge in [0.05, 0.1) is 0 Å². The van der Waals surface area contributed by atoms with Crippen LogP contribution in [0.2, 0.25) is 0 Å². The molecular weight excluding hydrogens is 284 g/mol. The van der Waals surface area contributed by atoms with E-state index in [1.165, 1.54) is 35.3 Å². The Labute approximate surface area is 128 Å². The van der Waals surface area contributed by atoms with Gasteiger partial charge in [0, 0.05) is 4.88 Å². The van der Waals surface area contributed by atoms with Crippen molar-refractivity contribution < 1.29 is 14.6 Å². The maximum Gasteiger partial charge on any atom is 0.346 e. The number of aryl methyl sites for hydroxylation is 3. The van der Waals surface area contributed by atoms with E-state index in [2.05, 4.69) is 12.1 Å². The Kier molecular flexibility index (Phi) is 3.97. The van der Waals surface area contributed by atoms with Gasteiger partial charge in [-0.1, -0.05) is 13.0 Å². The molecule has 2 aromatic rings. The minimum atomic E-state index is -0.847. The summed E-state index contributed by atoms with van der Waals surface area (Å²) in [5.74, 6) is 0.0274. The van der Waals surface area contributed by atoms with Gasteiger partial charge in [0.1, 0.15) is 17.2 Å². The van der Waals surface area contributed by atoms with Crippen LogP contribution in [0.5, 0.6) is 5.75 Å². The van der Waals surface area contributed by atoms with Crippen LogP contribution in [0.1, 0.15) is 44.6 Å². The summed E-state index contributed by atoms with van der Waals surface area (Å²) in [6, 6.07) is 8.22. The lowest BCUT2D eigenvalue weighted by Crippen LogP contribution is -1.95. The van der Waals surface area contributed by atoms with Crippen molar-refractivity contribution >= 4 is 17.3 Å². The number of carboxylic acids is 1. The van der Waals surface area contributed by atoms with Crippen LogP contribution in [0.15, 0.2) is 24.3 Å². The fourth-order valence-electron chi connectivity index (χ4n) is 2.79. The number of hydrogen-bond acceptors (Lipinski definition) is 3. The average Bonchev–Trinajstić information content (AvgIpc) is 3.10. The van der Waals surface area contributed by atoms with Crippen molar-refractivity contribution in [3.63, 3.8) is 0 Å². The Hall–Kier alpha value is -1.81. The van der Waals surface area contributed by atoms with Gasteiger partial charge < -0.3 is 9.84 Å². The van der Waals surface area contributed by atoms with E-state index in [4.69, 9.17) is 4.74 Å². The minimum absolute atomic E-state index is 0.434. The zero-order chi connectivity index (χ0) is 14.8. The summed E-state index contributed by atoms with van der Waals surface area (Å²) in [5, 5.41) is 9.17. The molecule has 21 heavy (non-hydrogen) atoms. The van der Waals surface area contributed by atoms with E-state index in [0.717, 1.165) is 29.0 Å². The van der Waals surface area contributed by atoms with Crippen LogP contribution in [0.4, 0.5) is 0 Å². The molecule has 0 aliphatic heterocycles. The molecule has 0 radical (unpaired) electrons. The van der Waals surface area contributed by atoms with Gasteiger partial charge in [-0.3, -0.25) is 0 Å². The largest absolute Gasteiger partial charge is 0.488 e. The molecule has 1 N–H and O–H groups in total. The average molecular weight is 302 g/mol. The first-order valence-electron chi connectivity index (χ1n) is 7.27. The smallest absolute Gasteiger partial charge is 0.346 e. The second kappa shape index (κ2) is 5.90. The summed E-state index contributed by atoms with van der Waals surface area (Å²) in [6.07, 6.45) is 4.26. The number of benzene rings is 1. The molecule has 1 aliphatic rings. The number of aromatic carboxylic acids is 1. The Morgan fingerprint density at radius 1 is 1.29 bits per heavy atom. The molecule has 0 amide bonds. The standard InChI is InChI=1S/C17H18O3S/c1-2-11-9-15(21-16(11)17(18)19)10-20-14-7-6-12-4-3-5-13(12)8-14/h6-9H,2-5,10H2,1H3,(H,18,19). The summed E-state index contributed by atoms with van der Waals surface area (Å²) < 4.78 is 5.83. The van der Waals surface area contributed by atoms with Gasteiger partial charge >= 0.3 is 5.97 Å². The number of fused-ring (bicyclic) bond motifs is 1. The lowest BCUT2D eigenvalue weighted by molar-refractivity contribution is 0.0701. The zero-order valence-corrected chi connectivity index (χ0v) is 12.8. The second-order valence-electron chi connectivity index (χ2n) is 5.30. The number of hydrogen-bond donors (Lipinski definition) is 1. The van der Waals surface area contributed by atoms with Gasteiger partial charge in [-0.05, 0) is 60.6 Å². The van der Waals surface area contributed by atoms with Crippen molar-refractivity contribution in [2.75, 3.05) is 0 Å². The summed E-state index contributed by atoms with van der Waals surface area (Å²) in [6.45, 7) is 2.41. The Morgan fingerprint density at radius 3 is 2.81 bits per heavy atom. The van der Waals surface area contributed by atoms with E-state index in [9.17, 15) is 9.90 Å². The first kappa shape index (κ1) is 14.1. The molecule has 1 heterocycles. The molecule has 0 atom stereocenters. The van der Waals surface area contributed by atoms with Crippen LogP contribution in [0.25, 0.3) is 0 Å². The van der Waals surface area contributed by atoms with E-state index < -0.39 is 5.97 Å². The van der Waals surface area contributed by atoms with Crippen molar-refractivity contribution in [3.8, 4) is 5.75 Å². The van der Waals surface area contributed by atoms with Crippen LogP contribution in [-0.2, 0) is 25.9 Å². The molecule has 1 aliphatic carbocycles. The predicted molar refractivity (Wildman–Crippen MR) is 83.5 cm³/mol. The van der Waals surface area contributed by atoms with Crippen molar-refractivity contribution in [3.05, 3.63) is 50.7 Å². The van der Waals surface area contributed by atoms with Crippen LogP contribution < -0.4 is 4.74 Å². The van der Waals surface area contributed by atoms with Crippen molar-refractivity contribution in [1.29, 1.82) is 0 Å². The highest BCUT2D eigenvalue weighted by atomic mass is 32.1. The van der Waals surface area contributed by atoms with E-state index in [0.29, 0.717) is 11.5 Å². The molecule has 3 rings (SSSR count). The normalized spacial score (nSPS) is 13.2. The lowest BCUT2D eigenvalue weighted by atomic mass is 10.1. The number of carboxylic acid groups (broad SMARTS) is 1. The van der Waals surface area contributed by atoms with Gasteiger partial charge in [-0.2, -0.15) is 0 Å². The maximum absolute atomic E-state index is 11.2. The fourth-order valence-corrected chi connectivity index (χ4v) is 3.80. The quantitative estimate of drug-likeness (QED) is 0.905. The van der Waals surface area contributed by atoms with Gasteiger partial charge in [0.25, 0.3) is 0 Å². The number of rotatable bonds is 5. The van der Waals surface area contributed by atoms with Gasteiger partial charge in [0.15, 0.2) is 0 Å². The number of carbonyl (C=O) groups is 1. The minimum Gasteiger partial charge on any atom is -0.488 e. The van der Waals surface area contributed by atoms with E-state index in [1.807, 2.05) is 19.1 Å². The lowest BCUT2D eigenvalue weighted by Gasteiger charge is -2.06. The highest BCUT2D eigenvalue weighted by Gasteiger charge is 2.15. The second-order valence-corrected chi connectivity index (χ2v) is 6.44. The predicted octanol–water partition coefficient (Wildman–Crippen LogP) is 4.08. The molecule has 1 aromatic heterocycles. The topological polar surface area (TPSA) is 46.5 Å². The third-order valence-electron chi connectivity index (χ3n) is 3.89. The van der Waals surface area contributed by atoms with Crippen molar-refractivity contribution in [2.45, 2.75) is 39.2 Å². The first-order valence-corrected chi connectivity index (χ1v) is 8.08. The number of thiophene rings is 1. The van der Waals surface area contributed by atoms with Crippen LogP contribution in [-0.4, -0.2) is 11.1 Å². The summed E-state index contributed by atoms with van der Waals surface area (Å²) in [4.78, 5) is 12.6. The zero-order valence-electron chi connectivity index (χ0n) is 12.0. The van der Waals surface area contributed by atoms with Gasteiger partial charge in [-0.15, -0.1) is 11.3 Å². The molecule has 0 saturated carbocycles. The number of ether oxygens (including phenoxy) is 1. The molecule has 1 aromatic carbocycles. The molecule has 0 fully saturated rings. The summed E-state index contributed by atoms with van der Waals surface area (Å²) in [7, 11) is 0. The summed E-state index contributed by atoms with van der Waals surface area (Å²) in [5.41, 5.74) is 3.71. The molecule has 0 spiro atoms.